The summed E-state index contributed by atoms with van der Waals surface area (Å²) in [7, 11) is 0. The number of carbonyl (C=O) groups is 2. The van der Waals surface area contributed by atoms with Crippen LogP contribution in [0.2, 0.25) is 0 Å². The molecular weight excluding hydrogens is 326 g/mol. The fourth-order valence-corrected chi connectivity index (χ4v) is 3.46. The van der Waals surface area contributed by atoms with Crippen LogP contribution in [0.1, 0.15) is 26.3 Å². The molecule has 0 aliphatic rings. The van der Waals surface area contributed by atoms with E-state index in [0.717, 1.165) is 27.4 Å². The molecule has 1 aromatic heterocycles. The lowest BCUT2D eigenvalue weighted by Crippen LogP contribution is -2.15. The summed E-state index contributed by atoms with van der Waals surface area (Å²) in [5.74, 6) is -0.949. The van der Waals surface area contributed by atoms with E-state index in [2.05, 4.69) is 10.6 Å². The predicted octanol–water partition coefficient (Wildman–Crippen LogP) is 2.84. The molecule has 0 aliphatic heterocycles. The van der Waals surface area contributed by atoms with E-state index in [0.29, 0.717) is 17.7 Å². The Labute approximate surface area is 149 Å². The molecule has 0 saturated carbocycles. The summed E-state index contributed by atoms with van der Waals surface area (Å²) in [5.41, 5.74) is 14.6. The van der Waals surface area contributed by atoms with Crippen LogP contribution in [0, 0.1) is 6.07 Å². The van der Waals surface area contributed by atoms with Gasteiger partial charge >= 0.3 is 0 Å². The molecule has 4 N–H and O–H groups in total. The van der Waals surface area contributed by atoms with Crippen LogP contribution in [0.3, 0.4) is 0 Å². The SMILES string of the molecule is NC(=O)c1ccccc1Cn1c2ccc[c]c2c2c(C(N)=O)cccc21. The van der Waals surface area contributed by atoms with Crippen LogP contribution in [0.4, 0.5) is 0 Å². The summed E-state index contributed by atoms with van der Waals surface area (Å²) in [6.07, 6.45) is 0. The van der Waals surface area contributed by atoms with E-state index in [1.807, 2.05) is 30.3 Å². The van der Waals surface area contributed by atoms with Crippen molar-refractivity contribution >= 4 is 33.6 Å². The summed E-state index contributed by atoms with van der Waals surface area (Å²) >= 11 is 0. The molecule has 0 fully saturated rings. The lowest BCUT2D eigenvalue weighted by molar-refractivity contribution is 0.0992. The zero-order chi connectivity index (χ0) is 18.3. The minimum atomic E-state index is -0.482. The molecule has 4 aromatic rings. The molecule has 0 spiro atoms. The largest absolute Gasteiger partial charge is 0.366 e. The smallest absolute Gasteiger partial charge is 0.249 e. The average molecular weight is 342 g/mol. The number of amides is 2. The van der Waals surface area contributed by atoms with Gasteiger partial charge in [-0.05, 0) is 35.9 Å². The highest BCUT2D eigenvalue weighted by Gasteiger charge is 2.17. The van der Waals surface area contributed by atoms with E-state index in [1.165, 1.54) is 0 Å². The van der Waals surface area contributed by atoms with Crippen LogP contribution in [0.15, 0.2) is 60.7 Å². The van der Waals surface area contributed by atoms with E-state index in [1.54, 1.807) is 30.3 Å². The average Bonchev–Trinajstić information content (AvgIpc) is 2.96. The number of nitrogens with zero attached hydrogens (tertiary/aromatic N) is 1. The van der Waals surface area contributed by atoms with Crippen molar-refractivity contribution < 1.29 is 9.59 Å². The minimum Gasteiger partial charge on any atom is -0.366 e. The van der Waals surface area contributed by atoms with Crippen LogP contribution in [-0.4, -0.2) is 16.4 Å². The summed E-state index contributed by atoms with van der Waals surface area (Å²) in [6, 6.07) is 21.6. The molecule has 5 heteroatoms. The monoisotopic (exact) mass is 342 g/mol. The first-order valence-electron chi connectivity index (χ1n) is 8.17. The third kappa shape index (κ3) is 2.41. The van der Waals surface area contributed by atoms with Crippen molar-refractivity contribution in [1.82, 2.24) is 4.57 Å². The van der Waals surface area contributed by atoms with Crippen molar-refractivity contribution in [2.75, 3.05) is 0 Å². The molecule has 0 atom stereocenters. The first-order valence-corrected chi connectivity index (χ1v) is 8.17. The lowest BCUT2D eigenvalue weighted by Gasteiger charge is -2.11. The first kappa shape index (κ1) is 15.9. The van der Waals surface area contributed by atoms with Crippen LogP contribution < -0.4 is 11.5 Å². The predicted molar refractivity (Wildman–Crippen MR) is 101 cm³/mol. The van der Waals surface area contributed by atoms with Crippen molar-refractivity contribution in [2.45, 2.75) is 6.54 Å². The molecule has 0 unspecified atom stereocenters. The Morgan fingerprint density at radius 3 is 2.31 bits per heavy atom. The molecule has 127 valence electrons. The molecule has 0 saturated heterocycles. The molecule has 0 bridgehead atoms. The second kappa shape index (κ2) is 6.04. The van der Waals surface area contributed by atoms with Gasteiger partial charge in [-0.2, -0.15) is 0 Å². The zero-order valence-corrected chi connectivity index (χ0v) is 13.9. The highest BCUT2D eigenvalue weighted by Crippen LogP contribution is 2.32. The summed E-state index contributed by atoms with van der Waals surface area (Å²) in [4.78, 5) is 23.7. The highest BCUT2D eigenvalue weighted by atomic mass is 16.1. The maximum Gasteiger partial charge on any atom is 0.249 e. The van der Waals surface area contributed by atoms with Gasteiger partial charge in [-0.15, -0.1) is 0 Å². The van der Waals surface area contributed by atoms with Gasteiger partial charge in [-0.3, -0.25) is 9.59 Å². The Morgan fingerprint density at radius 1 is 0.846 bits per heavy atom. The lowest BCUT2D eigenvalue weighted by atomic mass is 10.1. The van der Waals surface area contributed by atoms with Gasteiger partial charge in [0.05, 0.1) is 11.0 Å². The van der Waals surface area contributed by atoms with E-state index in [9.17, 15) is 9.59 Å². The number of rotatable bonds is 4. The topological polar surface area (TPSA) is 91.1 Å². The van der Waals surface area contributed by atoms with Gasteiger partial charge in [0.25, 0.3) is 0 Å². The van der Waals surface area contributed by atoms with Gasteiger partial charge in [0.15, 0.2) is 0 Å². The first-order chi connectivity index (χ1) is 12.6. The van der Waals surface area contributed by atoms with Crippen molar-refractivity contribution in [3.05, 3.63) is 83.4 Å². The van der Waals surface area contributed by atoms with Crippen LogP contribution in [0.5, 0.6) is 0 Å². The van der Waals surface area contributed by atoms with Crippen molar-refractivity contribution in [2.24, 2.45) is 11.5 Å². The van der Waals surface area contributed by atoms with Gasteiger partial charge in [-0.1, -0.05) is 36.4 Å². The third-order valence-corrected chi connectivity index (χ3v) is 4.58. The molecule has 3 aromatic carbocycles. The fourth-order valence-electron chi connectivity index (χ4n) is 3.46. The Kier molecular flexibility index (Phi) is 3.69. The van der Waals surface area contributed by atoms with E-state index in [-0.39, 0.29) is 0 Å². The Balaban J connectivity index is 2.03. The normalized spacial score (nSPS) is 11.1. The maximum absolute atomic E-state index is 11.9. The quantitative estimate of drug-likeness (QED) is 0.597. The van der Waals surface area contributed by atoms with Crippen LogP contribution in [0.25, 0.3) is 21.8 Å². The standard InChI is InChI=1S/C21H16N3O2/c22-20(25)14-7-2-1-6-13(14)12-24-17-10-4-3-8-15(17)19-16(21(23)26)9-5-11-18(19)24/h1-7,9-11H,12H2,(H2,22,25)(H2,23,26). The number of aromatic nitrogens is 1. The van der Waals surface area contributed by atoms with Crippen molar-refractivity contribution in [3.63, 3.8) is 0 Å². The third-order valence-electron chi connectivity index (χ3n) is 4.58. The van der Waals surface area contributed by atoms with E-state index < -0.39 is 11.8 Å². The number of hydrogen-bond donors (Lipinski definition) is 2. The molecule has 0 aliphatic carbocycles. The minimum absolute atomic E-state index is 0.444. The molecule has 1 radical (unpaired) electrons. The van der Waals surface area contributed by atoms with Gasteiger partial charge in [0.2, 0.25) is 11.8 Å². The zero-order valence-electron chi connectivity index (χ0n) is 13.9. The molecule has 1 heterocycles. The Bertz CT molecular complexity index is 1170. The van der Waals surface area contributed by atoms with Gasteiger partial charge in [0, 0.05) is 28.4 Å². The number of primary amides is 2. The van der Waals surface area contributed by atoms with Crippen molar-refractivity contribution in [3.8, 4) is 0 Å². The van der Waals surface area contributed by atoms with E-state index >= 15 is 0 Å². The summed E-state index contributed by atoms with van der Waals surface area (Å²) in [5, 5.41) is 1.60. The molecular formula is C21H16N3O2. The number of benzene rings is 3. The van der Waals surface area contributed by atoms with Crippen molar-refractivity contribution in [1.29, 1.82) is 0 Å². The Morgan fingerprint density at radius 2 is 1.54 bits per heavy atom. The second-order valence-electron chi connectivity index (χ2n) is 6.10. The summed E-state index contributed by atoms with van der Waals surface area (Å²) < 4.78 is 2.05. The molecule has 4 rings (SSSR count). The van der Waals surface area contributed by atoms with Gasteiger partial charge in [-0.25, -0.2) is 0 Å². The summed E-state index contributed by atoms with van der Waals surface area (Å²) in [6.45, 7) is 0.444. The number of hydrogen-bond acceptors (Lipinski definition) is 2. The highest BCUT2D eigenvalue weighted by molar-refractivity contribution is 6.17. The maximum atomic E-state index is 11.9. The van der Waals surface area contributed by atoms with E-state index in [4.69, 9.17) is 11.5 Å². The number of nitrogens with two attached hydrogens (primary N) is 2. The molecule has 2 amide bonds. The Hall–Kier alpha value is -3.60. The molecule has 5 nitrogen and oxygen atoms in total. The second-order valence-corrected chi connectivity index (χ2v) is 6.10. The fraction of sp³-hybridized carbons (Fsp3) is 0.0476. The van der Waals surface area contributed by atoms with Gasteiger partial charge < -0.3 is 16.0 Å². The number of carbonyl (C=O) groups excluding carboxylic acids is 2. The molecule has 26 heavy (non-hydrogen) atoms. The number of fused-ring (bicyclic) bond motifs is 3. The van der Waals surface area contributed by atoms with Crippen LogP contribution >= 0.6 is 0 Å². The van der Waals surface area contributed by atoms with Crippen LogP contribution in [-0.2, 0) is 6.54 Å². The van der Waals surface area contributed by atoms with Gasteiger partial charge in [0.1, 0.15) is 0 Å².